The summed E-state index contributed by atoms with van der Waals surface area (Å²) >= 11 is 6.16. The molecule has 2 heterocycles. The minimum Gasteiger partial charge on any atom is -0.355 e. The van der Waals surface area contributed by atoms with E-state index < -0.39 is 10.3 Å². The lowest BCUT2D eigenvalue weighted by atomic mass is 9.94. The number of nitrogens with one attached hydrogen (secondary N) is 1. The van der Waals surface area contributed by atoms with Crippen molar-refractivity contribution in [3.63, 3.8) is 0 Å². The molecule has 0 radical (unpaired) electrons. The van der Waals surface area contributed by atoms with Crippen LogP contribution in [0.5, 0.6) is 0 Å². The van der Waals surface area contributed by atoms with Crippen molar-refractivity contribution in [3.8, 4) is 0 Å². The number of hydrogen-bond donors (Lipinski definition) is 1. The number of nitro groups is 1. The van der Waals surface area contributed by atoms with Crippen molar-refractivity contribution in [2.75, 3.05) is 24.5 Å². The first kappa shape index (κ1) is 18.4. The molecular weight excluding hydrogens is 332 g/mol. The van der Waals surface area contributed by atoms with E-state index in [1.807, 2.05) is 25.7 Å². The summed E-state index contributed by atoms with van der Waals surface area (Å²) < 4.78 is 0. The van der Waals surface area contributed by atoms with Crippen LogP contribution in [0.25, 0.3) is 0 Å². The highest BCUT2D eigenvalue weighted by Crippen LogP contribution is 2.30. The summed E-state index contributed by atoms with van der Waals surface area (Å²) in [6.45, 7) is 7.78. The Hall–Kier alpha value is -1.89. The lowest BCUT2D eigenvalue weighted by Gasteiger charge is -2.34. The van der Waals surface area contributed by atoms with Crippen LogP contribution < -0.4 is 10.2 Å². The third-order valence-electron chi connectivity index (χ3n) is 4.07. The van der Waals surface area contributed by atoms with Gasteiger partial charge in [0.2, 0.25) is 5.91 Å². The van der Waals surface area contributed by atoms with Gasteiger partial charge in [0.05, 0.1) is 9.95 Å². The molecule has 0 saturated carbocycles. The average Bonchev–Trinajstić information content (AvgIpc) is 2.51. The van der Waals surface area contributed by atoms with Gasteiger partial charge in [0, 0.05) is 31.1 Å². The van der Waals surface area contributed by atoms with E-state index in [-0.39, 0.29) is 16.6 Å². The van der Waals surface area contributed by atoms with Gasteiger partial charge in [0.1, 0.15) is 12.0 Å². The first-order valence-corrected chi connectivity index (χ1v) is 8.39. The zero-order valence-corrected chi connectivity index (χ0v) is 15.0. The average molecular weight is 355 g/mol. The summed E-state index contributed by atoms with van der Waals surface area (Å²) in [5.41, 5.74) is -0.521. The van der Waals surface area contributed by atoms with Crippen LogP contribution in [0.15, 0.2) is 12.3 Å². The van der Waals surface area contributed by atoms with Gasteiger partial charge in [-0.3, -0.25) is 14.9 Å². The molecule has 132 valence electrons. The highest BCUT2D eigenvalue weighted by Gasteiger charge is 2.26. The molecule has 0 aromatic carbocycles. The fourth-order valence-electron chi connectivity index (χ4n) is 2.68. The first-order chi connectivity index (χ1) is 11.2. The number of halogens is 1. The number of carbonyl (C=O) groups excluding carboxylic acids is 1. The monoisotopic (exact) mass is 354 g/mol. The molecule has 1 aromatic rings. The van der Waals surface area contributed by atoms with E-state index in [1.165, 1.54) is 12.3 Å². The Morgan fingerprint density at radius 3 is 2.83 bits per heavy atom. The van der Waals surface area contributed by atoms with Gasteiger partial charge < -0.3 is 10.2 Å². The van der Waals surface area contributed by atoms with Crippen LogP contribution in [0.4, 0.5) is 11.5 Å². The third-order valence-corrected chi connectivity index (χ3v) is 4.35. The van der Waals surface area contributed by atoms with Crippen LogP contribution in [-0.4, -0.2) is 35.4 Å². The molecule has 0 aliphatic carbocycles. The largest absolute Gasteiger partial charge is 0.355 e. The lowest BCUT2D eigenvalue weighted by molar-refractivity contribution is -0.385. The summed E-state index contributed by atoms with van der Waals surface area (Å²) in [5.74, 6) is 0.901. The molecule has 2 rings (SSSR count). The van der Waals surface area contributed by atoms with Crippen molar-refractivity contribution in [2.24, 2.45) is 11.3 Å². The Morgan fingerprint density at radius 2 is 2.25 bits per heavy atom. The molecule has 1 amide bonds. The van der Waals surface area contributed by atoms with Gasteiger partial charge in [0.25, 0.3) is 5.69 Å². The maximum Gasteiger partial charge on any atom is 0.289 e. The van der Waals surface area contributed by atoms with Crippen LogP contribution in [0.3, 0.4) is 0 Å². The molecule has 1 aliphatic rings. The Kier molecular flexibility index (Phi) is 5.64. The van der Waals surface area contributed by atoms with E-state index in [0.717, 1.165) is 25.9 Å². The van der Waals surface area contributed by atoms with Gasteiger partial charge in [-0.1, -0.05) is 32.4 Å². The number of amides is 1. The number of anilines is 1. The second kappa shape index (κ2) is 7.34. The molecule has 1 aromatic heterocycles. The Bertz CT molecular complexity index is 630. The fraction of sp³-hybridized carbons (Fsp3) is 0.625. The van der Waals surface area contributed by atoms with E-state index in [0.29, 0.717) is 18.3 Å². The smallest absolute Gasteiger partial charge is 0.289 e. The van der Waals surface area contributed by atoms with Crippen molar-refractivity contribution in [1.82, 2.24) is 10.3 Å². The van der Waals surface area contributed by atoms with Crippen molar-refractivity contribution in [1.29, 1.82) is 0 Å². The van der Waals surface area contributed by atoms with Crippen LogP contribution in [-0.2, 0) is 4.79 Å². The van der Waals surface area contributed by atoms with Crippen LogP contribution in [0, 0.1) is 21.4 Å². The molecule has 1 unspecified atom stereocenters. The van der Waals surface area contributed by atoms with Gasteiger partial charge in [-0.2, -0.15) is 0 Å². The molecule has 0 spiro atoms. The maximum atomic E-state index is 12.0. The lowest BCUT2D eigenvalue weighted by Crippen LogP contribution is -2.43. The van der Waals surface area contributed by atoms with Gasteiger partial charge >= 0.3 is 0 Å². The van der Waals surface area contributed by atoms with Gasteiger partial charge in [-0.25, -0.2) is 4.98 Å². The molecule has 1 saturated heterocycles. The number of nitrogens with zero attached hydrogens (tertiary/aromatic N) is 3. The fourth-order valence-corrected chi connectivity index (χ4v) is 2.96. The molecule has 1 fully saturated rings. The number of aromatic nitrogens is 1. The van der Waals surface area contributed by atoms with E-state index in [2.05, 4.69) is 10.3 Å². The first-order valence-electron chi connectivity index (χ1n) is 8.01. The van der Waals surface area contributed by atoms with Gasteiger partial charge in [-0.05, 0) is 18.8 Å². The summed E-state index contributed by atoms with van der Waals surface area (Å²) in [6, 6.07) is 1.33. The van der Waals surface area contributed by atoms with Crippen LogP contribution in [0.1, 0.15) is 33.6 Å². The van der Waals surface area contributed by atoms with Crippen molar-refractivity contribution >= 4 is 29.0 Å². The molecule has 24 heavy (non-hydrogen) atoms. The van der Waals surface area contributed by atoms with E-state index in [1.54, 1.807) is 0 Å². The van der Waals surface area contributed by atoms with Crippen LogP contribution >= 0.6 is 11.6 Å². The molecule has 1 atom stereocenters. The molecule has 1 aliphatic heterocycles. The maximum absolute atomic E-state index is 12.0. The Balaban J connectivity index is 2.00. The highest BCUT2D eigenvalue weighted by molar-refractivity contribution is 6.33. The quantitative estimate of drug-likeness (QED) is 0.663. The third kappa shape index (κ3) is 4.56. The number of piperidine rings is 1. The molecule has 0 bridgehead atoms. The minimum absolute atomic E-state index is 0.0334. The zero-order chi connectivity index (χ0) is 17.9. The molecule has 1 N–H and O–H groups in total. The summed E-state index contributed by atoms with van der Waals surface area (Å²) in [4.78, 5) is 28.4. The van der Waals surface area contributed by atoms with Crippen LogP contribution in [0.2, 0.25) is 5.02 Å². The summed E-state index contributed by atoms with van der Waals surface area (Å²) in [7, 11) is 0. The minimum atomic E-state index is -0.510. The second-order valence-electron chi connectivity index (χ2n) is 7.17. The van der Waals surface area contributed by atoms with Gasteiger partial charge in [0.15, 0.2) is 0 Å². The summed E-state index contributed by atoms with van der Waals surface area (Å²) in [6.07, 6.45) is 3.21. The number of carbonyl (C=O) groups is 1. The number of rotatable bonds is 4. The van der Waals surface area contributed by atoms with E-state index in [9.17, 15) is 14.9 Å². The van der Waals surface area contributed by atoms with E-state index in [4.69, 9.17) is 11.6 Å². The molecule has 7 nitrogen and oxygen atoms in total. The predicted octanol–water partition coefficient (Wildman–Crippen LogP) is 3.02. The van der Waals surface area contributed by atoms with Crippen molar-refractivity contribution < 1.29 is 9.72 Å². The van der Waals surface area contributed by atoms with Crippen molar-refractivity contribution in [2.45, 2.75) is 33.6 Å². The molecule has 8 heteroatoms. The number of hydrogen-bond acceptors (Lipinski definition) is 5. The SMILES string of the molecule is CC(C)(C)C(=O)NCC1CCCN(c2ncc([N+](=O)[O-])cc2Cl)C1. The van der Waals surface area contributed by atoms with E-state index >= 15 is 0 Å². The zero-order valence-electron chi connectivity index (χ0n) is 14.2. The predicted molar refractivity (Wildman–Crippen MR) is 93.3 cm³/mol. The topological polar surface area (TPSA) is 88.4 Å². The Morgan fingerprint density at radius 1 is 1.54 bits per heavy atom. The number of pyridine rings is 1. The second-order valence-corrected chi connectivity index (χ2v) is 7.58. The normalized spacial score (nSPS) is 18.3. The highest BCUT2D eigenvalue weighted by atomic mass is 35.5. The molecular formula is C16H23ClN4O3. The van der Waals surface area contributed by atoms with Gasteiger partial charge in [-0.15, -0.1) is 0 Å². The van der Waals surface area contributed by atoms with Crippen molar-refractivity contribution in [3.05, 3.63) is 27.4 Å². The standard InChI is InChI=1S/C16H23ClN4O3/c1-16(2,3)15(22)19-8-11-5-4-6-20(10-11)14-13(17)7-12(9-18-14)21(23)24/h7,9,11H,4-6,8,10H2,1-3H3,(H,19,22). The summed E-state index contributed by atoms with van der Waals surface area (Å²) in [5, 5.41) is 14.1. The Labute approximate surface area is 146 Å².